The highest BCUT2D eigenvalue weighted by atomic mass is 19.1. The van der Waals surface area contributed by atoms with Gasteiger partial charge in [-0.05, 0) is 67.0 Å². The summed E-state index contributed by atoms with van der Waals surface area (Å²) >= 11 is 0. The standard InChI is InChI=1S/C33H34FN5O5/c1-20(23-7-6-8-24(34)18-23)17-27-21(2)30(44-22(27)3)31(40)36-25-11-12-29(35-19-25)38-13-15-39(16-14-38)33(43)37-28-10-5-4-9-26(28)32(41)42/h4-12,17-19,21,30H,13-16H2,1-3H3,(H,36,40)(H,37,43)(H,41,42). The number of aromatic carboxylic acids is 1. The minimum Gasteiger partial charge on any atom is -0.484 e. The first-order valence-corrected chi connectivity index (χ1v) is 14.3. The van der Waals surface area contributed by atoms with Crippen molar-refractivity contribution in [2.75, 3.05) is 41.7 Å². The molecule has 2 aliphatic rings. The molecule has 3 amide bonds. The average molecular weight is 600 g/mol. The van der Waals surface area contributed by atoms with E-state index in [0.717, 1.165) is 16.7 Å². The maximum atomic E-state index is 13.7. The van der Waals surface area contributed by atoms with Gasteiger partial charge in [0.25, 0.3) is 5.91 Å². The summed E-state index contributed by atoms with van der Waals surface area (Å²) in [4.78, 5) is 45.5. The van der Waals surface area contributed by atoms with Crippen molar-refractivity contribution in [1.82, 2.24) is 9.88 Å². The maximum absolute atomic E-state index is 13.7. The Morgan fingerprint density at radius 2 is 1.77 bits per heavy atom. The second-order valence-electron chi connectivity index (χ2n) is 10.8. The number of carbonyl (C=O) groups excluding carboxylic acids is 2. The third kappa shape index (κ3) is 6.72. The highest BCUT2D eigenvalue weighted by Crippen LogP contribution is 2.34. The Labute approximate surface area is 254 Å². The van der Waals surface area contributed by atoms with E-state index in [0.29, 0.717) is 43.4 Å². The molecule has 3 N–H and O–H groups in total. The van der Waals surface area contributed by atoms with Gasteiger partial charge in [-0.25, -0.2) is 19.0 Å². The number of nitrogens with one attached hydrogen (secondary N) is 2. The third-order valence-electron chi connectivity index (χ3n) is 7.87. The summed E-state index contributed by atoms with van der Waals surface area (Å²) in [5.41, 5.74) is 3.34. The van der Waals surface area contributed by atoms with Gasteiger partial charge in [0.1, 0.15) is 11.6 Å². The third-order valence-corrected chi connectivity index (χ3v) is 7.87. The van der Waals surface area contributed by atoms with Crippen molar-refractivity contribution in [3.05, 3.63) is 101 Å². The Hall–Kier alpha value is -5.19. The van der Waals surface area contributed by atoms with Gasteiger partial charge in [-0.1, -0.05) is 37.3 Å². The second kappa shape index (κ2) is 13.0. The molecule has 2 aromatic carbocycles. The monoisotopic (exact) mass is 599 g/mol. The molecule has 44 heavy (non-hydrogen) atoms. The molecular weight excluding hydrogens is 565 g/mol. The van der Waals surface area contributed by atoms with Crippen molar-refractivity contribution >= 4 is 40.7 Å². The van der Waals surface area contributed by atoms with Gasteiger partial charge in [0.2, 0.25) is 0 Å². The molecule has 3 heterocycles. The predicted octanol–water partition coefficient (Wildman–Crippen LogP) is 5.62. The summed E-state index contributed by atoms with van der Waals surface area (Å²) in [7, 11) is 0. The van der Waals surface area contributed by atoms with Crippen LogP contribution in [-0.4, -0.2) is 65.2 Å². The Bertz CT molecular complexity index is 1630. The van der Waals surface area contributed by atoms with E-state index in [1.165, 1.54) is 18.2 Å². The molecule has 228 valence electrons. The van der Waals surface area contributed by atoms with Crippen LogP contribution in [0.5, 0.6) is 0 Å². The van der Waals surface area contributed by atoms with E-state index >= 15 is 0 Å². The first-order valence-electron chi connectivity index (χ1n) is 14.3. The van der Waals surface area contributed by atoms with Crippen LogP contribution < -0.4 is 15.5 Å². The fourth-order valence-electron chi connectivity index (χ4n) is 5.38. The largest absolute Gasteiger partial charge is 0.484 e. The van der Waals surface area contributed by atoms with Gasteiger partial charge in [0, 0.05) is 32.1 Å². The number of ether oxygens (including phenoxy) is 1. The number of hydrogen-bond donors (Lipinski definition) is 3. The average Bonchev–Trinajstić information content (AvgIpc) is 3.30. The molecule has 1 fully saturated rings. The zero-order valence-corrected chi connectivity index (χ0v) is 24.7. The first kappa shape index (κ1) is 30.3. The molecule has 1 aromatic heterocycles. The summed E-state index contributed by atoms with van der Waals surface area (Å²) < 4.78 is 19.6. The van der Waals surface area contributed by atoms with Crippen LogP contribution in [0.15, 0.2) is 84.3 Å². The normalized spacial score (nSPS) is 18.6. The lowest BCUT2D eigenvalue weighted by molar-refractivity contribution is -0.125. The zero-order valence-electron chi connectivity index (χ0n) is 24.7. The molecule has 0 radical (unpaired) electrons. The smallest absolute Gasteiger partial charge is 0.337 e. The molecule has 0 aliphatic carbocycles. The van der Waals surface area contributed by atoms with Crippen LogP contribution in [0.25, 0.3) is 5.57 Å². The van der Waals surface area contributed by atoms with Crippen LogP contribution in [0.1, 0.15) is 36.7 Å². The molecular formula is C33H34FN5O5. The van der Waals surface area contributed by atoms with Gasteiger partial charge in [-0.15, -0.1) is 0 Å². The lowest BCUT2D eigenvalue weighted by Gasteiger charge is -2.35. The molecule has 0 spiro atoms. The van der Waals surface area contributed by atoms with E-state index in [-0.39, 0.29) is 34.9 Å². The van der Waals surface area contributed by atoms with Crippen LogP contribution in [0, 0.1) is 11.7 Å². The van der Waals surface area contributed by atoms with E-state index < -0.39 is 12.1 Å². The summed E-state index contributed by atoms with van der Waals surface area (Å²) in [6.45, 7) is 7.59. The number of nitrogens with zero attached hydrogens (tertiary/aromatic N) is 3. The number of halogens is 1. The molecule has 3 aromatic rings. The Morgan fingerprint density at radius 1 is 1.02 bits per heavy atom. The lowest BCUT2D eigenvalue weighted by Crippen LogP contribution is -2.50. The molecule has 0 bridgehead atoms. The van der Waals surface area contributed by atoms with Crippen LogP contribution >= 0.6 is 0 Å². The summed E-state index contributed by atoms with van der Waals surface area (Å²) in [5, 5.41) is 14.9. The molecule has 11 heteroatoms. The fourth-order valence-corrected chi connectivity index (χ4v) is 5.38. The number of pyridine rings is 1. The number of benzene rings is 2. The van der Waals surface area contributed by atoms with Crippen molar-refractivity contribution in [2.45, 2.75) is 26.9 Å². The van der Waals surface area contributed by atoms with Crippen LogP contribution in [0.2, 0.25) is 0 Å². The highest BCUT2D eigenvalue weighted by Gasteiger charge is 2.36. The number of allylic oxidation sites excluding steroid dienone is 3. The summed E-state index contributed by atoms with van der Waals surface area (Å²) in [6.07, 6.45) is 2.81. The molecule has 2 aliphatic heterocycles. The highest BCUT2D eigenvalue weighted by molar-refractivity contribution is 6.00. The number of rotatable bonds is 7. The van der Waals surface area contributed by atoms with Crippen molar-refractivity contribution < 1.29 is 28.6 Å². The van der Waals surface area contributed by atoms with E-state index in [9.17, 15) is 23.9 Å². The van der Waals surface area contributed by atoms with Gasteiger partial charge < -0.3 is 30.3 Å². The van der Waals surface area contributed by atoms with Crippen molar-refractivity contribution in [3.63, 3.8) is 0 Å². The number of para-hydroxylation sites is 1. The SMILES string of the molecule is CC(=CC1=C(C)OC(C(=O)Nc2ccc(N3CCN(C(=O)Nc4ccccc4C(=O)O)CC3)nc2)C1C)c1cccc(F)c1. The van der Waals surface area contributed by atoms with Crippen LogP contribution in [0.4, 0.5) is 26.4 Å². The number of carboxylic acid groups (broad SMARTS) is 1. The van der Waals surface area contributed by atoms with Gasteiger partial charge in [-0.3, -0.25) is 4.79 Å². The maximum Gasteiger partial charge on any atom is 0.337 e. The molecule has 10 nitrogen and oxygen atoms in total. The second-order valence-corrected chi connectivity index (χ2v) is 10.8. The minimum atomic E-state index is -1.11. The molecule has 0 saturated carbocycles. The predicted molar refractivity (Wildman–Crippen MR) is 166 cm³/mol. The van der Waals surface area contributed by atoms with Crippen molar-refractivity contribution in [3.8, 4) is 0 Å². The van der Waals surface area contributed by atoms with Crippen LogP contribution in [-0.2, 0) is 9.53 Å². The molecule has 5 rings (SSSR count). The quantitative estimate of drug-likeness (QED) is 0.322. The topological polar surface area (TPSA) is 124 Å². The van der Waals surface area contributed by atoms with Gasteiger partial charge in [-0.2, -0.15) is 0 Å². The van der Waals surface area contributed by atoms with Crippen molar-refractivity contribution in [1.29, 1.82) is 0 Å². The summed E-state index contributed by atoms with van der Waals surface area (Å²) in [6, 6.07) is 15.9. The lowest BCUT2D eigenvalue weighted by atomic mass is 9.93. The van der Waals surface area contributed by atoms with Crippen molar-refractivity contribution in [2.24, 2.45) is 5.92 Å². The summed E-state index contributed by atoms with van der Waals surface area (Å²) in [5.74, 6) is -0.551. The number of carbonyl (C=O) groups is 3. The number of urea groups is 1. The van der Waals surface area contributed by atoms with E-state index in [1.54, 1.807) is 41.4 Å². The minimum absolute atomic E-state index is 0.0319. The van der Waals surface area contributed by atoms with E-state index in [1.807, 2.05) is 43.9 Å². The molecule has 1 saturated heterocycles. The number of hydrogen-bond acceptors (Lipinski definition) is 6. The Morgan fingerprint density at radius 3 is 2.45 bits per heavy atom. The molecule has 2 atom stereocenters. The number of aromatic nitrogens is 1. The number of piperazine rings is 1. The van der Waals surface area contributed by atoms with Gasteiger partial charge in [0.05, 0.1) is 28.9 Å². The zero-order chi connectivity index (χ0) is 31.4. The van der Waals surface area contributed by atoms with E-state index in [4.69, 9.17) is 4.74 Å². The Kier molecular flexibility index (Phi) is 8.94. The van der Waals surface area contributed by atoms with Gasteiger partial charge in [0.15, 0.2) is 6.10 Å². The van der Waals surface area contributed by atoms with E-state index in [2.05, 4.69) is 15.6 Å². The fraction of sp³-hybridized carbons (Fsp3) is 0.273. The van der Waals surface area contributed by atoms with Crippen LogP contribution in [0.3, 0.4) is 0 Å². The van der Waals surface area contributed by atoms with Gasteiger partial charge >= 0.3 is 12.0 Å². The number of amides is 3. The Balaban J connectivity index is 1.14. The first-order chi connectivity index (χ1) is 21.1. The number of anilines is 3. The number of carboxylic acids is 1. The molecule has 2 unspecified atom stereocenters.